The first-order valence-electron chi connectivity index (χ1n) is 13.8. The van der Waals surface area contributed by atoms with E-state index in [0.717, 1.165) is 15.4 Å². The van der Waals surface area contributed by atoms with Gasteiger partial charge in [-0.3, -0.25) is 13.9 Å². The van der Waals surface area contributed by atoms with Crippen LogP contribution in [0.15, 0.2) is 114 Å². The second kappa shape index (κ2) is 14.7. The van der Waals surface area contributed by atoms with Gasteiger partial charge in [0.15, 0.2) is 0 Å². The van der Waals surface area contributed by atoms with E-state index in [-0.39, 0.29) is 34.5 Å². The van der Waals surface area contributed by atoms with Gasteiger partial charge in [-0.25, -0.2) is 8.42 Å². The van der Waals surface area contributed by atoms with E-state index in [4.69, 9.17) is 16.3 Å². The molecule has 0 aliphatic carbocycles. The molecule has 0 bridgehead atoms. The number of hydrogen-bond acceptors (Lipinski definition) is 5. The van der Waals surface area contributed by atoms with Crippen LogP contribution in [-0.4, -0.2) is 51.4 Å². The number of benzene rings is 4. The minimum Gasteiger partial charge on any atom is -0.495 e. The van der Waals surface area contributed by atoms with Gasteiger partial charge in [0, 0.05) is 19.5 Å². The lowest BCUT2D eigenvalue weighted by atomic mass is 10.0. The molecule has 2 amide bonds. The SMILES string of the molecule is CCNC(=O)C(Cc1ccccc1)N(Cc1ccccc1)C(=O)CN(c1ccc(OC)c(Cl)c1)S(=O)(=O)c1ccccc1. The van der Waals surface area contributed by atoms with Crippen LogP contribution in [0.2, 0.25) is 5.02 Å². The van der Waals surface area contributed by atoms with Crippen LogP contribution in [0.25, 0.3) is 0 Å². The van der Waals surface area contributed by atoms with Crippen LogP contribution in [0, 0.1) is 0 Å². The molecule has 0 heterocycles. The number of carbonyl (C=O) groups excluding carboxylic acids is 2. The van der Waals surface area contributed by atoms with Crippen LogP contribution in [-0.2, 0) is 32.6 Å². The highest BCUT2D eigenvalue weighted by atomic mass is 35.5. The fraction of sp³-hybridized carbons (Fsp3) is 0.212. The highest BCUT2D eigenvalue weighted by Crippen LogP contribution is 2.32. The van der Waals surface area contributed by atoms with E-state index in [2.05, 4.69) is 5.32 Å². The van der Waals surface area contributed by atoms with Gasteiger partial charge in [-0.15, -0.1) is 0 Å². The minimum atomic E-state index is -4.22. The molecule has 0 spiro atoms. The molecule has 1 atom stereocenters. The molecule has 4 aromatic carbocycles. The molecule has 43 heavy (non-hydrogen) atoms. The summed E-state index contributed by atoms with van der Waals surface area (Å²) in [6.07, 6.45) is 0.241. The molecular formula is C33H34ClN3O5S. The van der Waals surface area contributed by atoms with E-state index in [1.807, 2.05) is 67.6 Å². The Balaban J connectivity index is 1.80. The van der Waals surface area contributed by atoms with Crippen LogP contribution < -0.4 is 14.4 Å². The van der Waals surface area contributed by atoms with E-state index in [1.165, 1.54) is 36.3 Å². The van der Waals surface area contributed by atoms with E-state index in [9.17, 15) is 18.0 Å². The zero-order valence-electron chi connectivity index (χ0n) is 24.0. The molecule has 10 heteroatoms. The average molecular weight is 620 g/mol. The summed E-state index contributed by atoms with van der Waals surface area (Å²) >= 11 is 6.40. The van der Waals surface area contributed by atoms with Crippen molar-refractivity contribution in [3.63, 3.8) is 0 Å². The normalized spacial score (nSPS) is 11.8. The second-order valence-corrected chi connectivity index (χ2v) is 12.0. The molecule has 1 unspecified atom stereocenters. The second-order valence-electron chi connectivity index (χ2n) is 9.75. The summed E-state index contributed by atoms with van der Waals surface area (Å²) in [5.41, 5.74) is 1.84. The topological polar surface area (TPSA) is 96.0 Å². The van der Waals surface area contributed by atoms with Crippen LogP contribution in [0.3, 0.4) is 0 Å². The van der Waals surface area contributed by atoms with Crippen molar-refractivity contribution < 1.29 is 22.7 Å². The lowest BCUT2D eigenvalue weighted by Crippen LogP contribution is -2.53. The van der Waals surface area contributed by atoms with Crippen LogP contribution in [0.5, 0.6) is 5.75 Å². The number of ether oxygens (including phenoxy) is 1. The summed E-state index contributed by atoms with van der Waals surface area (Å²) in [5.74, 6) is -0.526. The Morgan fingerprint density at radius 1 is 0.860 bits per heavy atom. The first kappa shape index (κ1) is 31.6. The number of carbonyl (C=O) groups is 2. The lowest BCUT2D eigenvalue weighted by Gasteiger charge is -2.34. The summed E-state index contributed by atoms with van der Waals surface area (Å²) in [5, 5.41) is 3.04. The third-order valence-corrected chi connectivity index (χ3v) is 8.93. The van der Waals surface area contributed by atoms with Crippen molar-refractivity contribution in [2.45, 2.75) is 30.8 Å². The number of nitrogens with zero attached hydrogens (tertiary/aromatic N) is 2. The monoisotopic (exact) mass is 619 g/mol. The Labute approximate surface area is 257 Å². The first-order chi connectivity index (χ1) is 20.7. The van der Waals surface area contributed by atoms with Crippen molar-refractivity contribution >= 4 is 39.1 Å². The number of amides is 2. The lowest BCUT2D eigenvalue weighted by molar-refractivity contribution is -0.140. The summed E-state index contributed by atoms with van der Waals surface area (Å²) < 4.78 is 34.3. The Kier molecular flexibility index (Phi) is 10.8. The van der Waals surface area contributed by atoms with Gasteiger partial charge in [-0.05, 0) is 48.4 Å². The summed E-state index contributed by atoms with van der Waals surface area (Å²) in [6.45, 7) is 1.70. The van der Waals surface area contributed by atoms with Gasteiger partial charge >= 0.3 is 0 Å². The number of anilines is 1. The zero-order chi connectivity index (χ0) is 30.8. The van der Waals surface area contributed by atoms with Gasteiger partial charge in [0.2, 0.25) is 11.8 Å². The highest BCUT2D eigenvalue weighted by molar-refractivity contribution is 7.92. The standard InChI is InChI=1S/C33H34ClN3O5S/c1-3-35-33(39)30(21-25-13-7-4-8-14-25)36(23-26-15-9-5-10-16-26)32(38)24-37(27-19-20-31(42-2)29(34)22-27)43(40,41)28-17-11-6-12-18-28/h4-20,22,30H,3,21,23-24H2,1-2H3,(H,35,39). The maximum atomic E-state index is 14.3. The van der Waals surface area contributed by atoms with Crippen molar-refractivity contribution in [1.29, 1.82) is 0 Å². The molecular weight excluding hydrogens is 586 g/mol. The summed E-state index contributed by atoms with van der Waals surface area (Å²) in [4.78, 5) is 29.3. The van der Waals surface area contributed by atoms with Crippen molar-refractivity contribution in [2.24, 2.45) is 0 Å². The molecule has 0 fully saturated rings. The molecule has 0 saturated heterocycles. The average Bonchev–Trinajstić information content (AvgIpc) is 3.03. The van der Waals surface area contributed by atoms with Crippen LogP contribution in [0.1, 0.15) is 18.1 Å². The van der Waals surface area contributed by atoms with Crippen molar-refractivity contribution in [1.82, 2.24) is 10.2 Å². The number of rotatable bonds is 13. The molecule has 4 aromatic rings. The molecule has 0 aromatic heterocycles. The number of likely N-dealkylation sites (N-methyl/N-ethyl adjacent to an activating group) is 1. The maximum absolute atomic E-state index is 14.3. The van der Waals surface area contributed by atoms with Crippen molar-refractivity contribution in [3.8, 4) is 5.75 Å². The molecule has 8 nitrogen and oxygen atoms in total. The Bertz CT molecular complexity index is 1620. The number of methoxy groups -OCH3 is 1. The van der Waals surface area contributed by atoms with E-state index in [1.54, 1.807) is 24.3 Å². The third-order valence-electron chi connectivity index (χ3n) is 6.85. The highest BCUT2D eigenvalue weighted by Gasteiger charge is 2.34. The number of halogens is 1. The molecule has 0 radical (unpaired) electrons. The van der Waals surface area contributed by atoms with Gasteiger partial charge < -0.3 is 15.0 Å². The predicted octanol–water partition coefficient (Wildman–Crippen LogP) is 5.32. The van der Waals surface area contributed by atoms with Gasteiger partial charge in [0.1, 0.15) is 18.3 Å². The van der Waals surface area contributed by atoms with E-state index < -0.39 is 28.5 Å². The fourth-order valence-corrected chi connectivity index (χ4v) is 6.36. The number of sulfonamides is 1. The molecule has 0 aliphatic heterocycles. The zero-order valence-corrected chi connectivity index (χ0v) is 25.6. The molecule has 0 saturated carbocycles. The first-order valence-corrected chi connectivity index (χ1v) is 15.6. The van der Waals surface area contributed by atoms with Gasteiger partial charge in [0.25, 0.3) is 10.0 Å². The number of hydrogen-bond donors (Lipinski definition) is 1. The maximum Gasteiger partial charge on any atom is 0.264 e. The van der Waals surface area contributed by atoms with Crippen LogP contribution in [0.4, 0.5) is 5.69 Å². The molecule has 224 valence electrons. The quantitative estimate of drug-likeness (QED) is 0.219. The Morgan fingerprint density at radius 2 is 1.44 bits per heavy atom. The largest absolute Gasteiger partial charge is 0.495 e. The van der Waals surface area contributed by atoms with E-state index in [0.29, 0.717) is 12.3 Å². The van der Waals surface area contributed by atoms with Crippen molar-refractivity contribution in [2.75, 3.05) is 24.5 Å². The summed E-state index contributed by atoms with van der Waals surface area (Å²) in [7, 11) is -2.76. The van der Waals surface area contributed by atoms with Gasteiger partial charge in [-0.2, -0.15) is 0 Å². The predicted molar refractivity (Wildman–Crippen MR) is 169 cm³/mol. The molecule has 1 N–H and O–H groups in total. The Hall–Kier alpha value is -4.34. The minimum absolute atomic E-state index is 0.00825. The smallest absolute Gasteiger partial charge is 0.264 e. The van der Waals surface area contributed by atoms with Gasteiger partial charge in [0.05, 0.1) is 22.7 Å². The fourth-order valence-electron chi connectivity index (χ4n) is 4.68. The summed E-state index contributed by atoms with van der Waals surface area (Å²) in [6, 6.07) is 30.2. The van der Waals surface area contributed by atoms with Crippen LogP contribution >= 0.6 is 11.6 Å². The molecule has 0 aliphatic rings. The van der Waals surface area contributed by atoms with Gasteiger partial charge in [-0.1, -0.05) is 90.5 Å². The molecule has 4 rings (SSSR count). The van der Waals surface area contributed by atoms with Crippen molar-refractivity contribution in [3.05, 3.63) is 125 Å². The Morgan fingerprint density at radius 3 is 2.00 bits per heavy atom. The third kappa shape index (κ3) is 7.94. The number of nitrogens with one attached hydrogen (secondary N) is 1. The van der Waals surface area contributed by atoms with E-state index >= 15 is 0 Å².